The molecule has 22 heavy (non-hydrogen) atoms. The Morgan fingerprint density at radius 3 is 2.68 bits per heavy atom. The van der Waals surface area contributed by atoms with Gasteiger partial charge in [0.15, 0.2) is 5.69 Å². The molecule has 0 aromatic carbocycles. The van der Waals surface area contributed by atoms with Gasteiger partial charge in [-0.25, -0.2) is 4.79 Å². The van der Waals surface area contributed by atoms with E-state index in [0.29, 0.717) is 18.2 Å². The predicted octanol–water partition coefficient (Wildman–Crippen LogP) is 3.48. The molecule has 118 valence electrons. The number of nitrogens with zero attached hydrogens (tertiary/aromatic N) is 3. The molecule has 0 aliphatic rings. The molecular weight excluding hydrogens is 278 g/mol. The van der Waals surface area contributed by atoms with Gasteiger partial charge in [0.1, 0.15) is 0 Å². The summed E-state index contributed by atoms with van der Waals surface area (Å²) in [6, 6.07) is 3.87. The Morgan fingerprint density at radius 1 is 1.36 bits per heavy atom. The Morgan fingerprint density at radius 2 is 2.09 bits per heavy atom. The SMILES string of the molecule is CCOC(=O)c1cc(-c2cnc(C(C)CC)cc2C)n(C)n1. The molecule has 2 aromatic heterocycles. The molecule has 0 bridgehead atoms. The Kier molecular flexibility index (Phi) is 4.96. The third-order valence-electron chi connectivity index (χ3n) is 3.89. The van der Waals surface area contributed by atoms with Gasteiger partial charge in [0.2, 0.25) is 0 Å². The summed E-state index contributed by atoms with van der Waals surface area (Å²) in [6.07, 6.45) is 2.92. The highest BCUT2D eigenvalue weighted by atomic mass is 16.5. The molecule has 1 atom stereocenters. The minimum Gasteiger partial charge on any atom is -0.461 e. The van der Waals surface area contributed by atoms with Crippen LogP contribution in [0.25, 0.3) is 11.3 Å². The van der Waals surface area contributed by atoms with Crippen LogP contribution in [0.15, 0.2) is 18.3 Å². The van der Waals surface area contributed by atoms with E-state index in [1.165, 1.54) is 0 Å². The van der Waals surface area contributed by atoms with E-state index in [1.807, 2.05) is 13.2 Å². The summed E-state index contributed by atoms with van der Waals surface area (Å²) in [5, 5.41) is 4.23. The topological polar surface area (TPSA) is 57.0 Å². The normalized spacial score (nSPS) is 12.2. The van der Waals surface area contributed by atoms with Gasteiger partial charge in [-0.2, -0.15) is 5.10 Å². The second-order valence-corrected chi connectivity index (χ2v) is 5.49. The van der Waals surface area contributed by atoms with Crippen LogP contribution < -0.4 is 0 Å². The van der Waals surface area contributed by atoms with Crippen molar-refractivity contribution in [2.45, 2.75) is 40.0 Å². The van der Waals surface area contributed by atoms with E-state index in [9.17, 15) is 4.79 Å². The lowest BCUT2D eigenvalue weighted by molar-refractivity contribution is 0.0518. The second-order valence-electron chi connectivity index (χ2n) is 5.49. The van der Waals surface area contributed by atoms with Crippen LogP contribution >= 0.6 is 0 Å². The molecule has 0 amide bonds. The largest absolute Gasteiger partial charge is 0.461 e. The third-order valence-corrected chi connectivity index (χ3v) is 3.89. The van der Waals surface area contributed by atoms with Gasteiger partial charge in [-0.3, -0.25) is 9.67 Å². The molecule has 2 heterocycles. The molecule has 0 aliphatic carbocycles. The van der Waals surface area contributed by atoms with E-state index >= 15 is 0 Å². The highest BCUT2D eigenvalue weighted by Gasteiger charge is 2.17. The smallest absolute Gasteiger partial charge is 0.358 e. The van der Waals surface area contributed by atoms with Gasteiger partial charge >= 0.3 is 5.97 Å². The summed E-state index contributed by atoms with van der Waals surface area (Å²) in [5.74, 6) is 0.0422. The van der Waals surface area contributed by atoms with Crippen molar-refractivity contribution in [2.24, 2.45) is 7.05 Å². The van der Waals surface area contributed by atoms with Crippen molar-refractivity contribution in [2.75, 3.05) is 6.61 Å². The molecule has 0 fully saturated rings. The molecule has 2 rings (SSSR count). The van der Waals surface area contributed by atoms with Crippen molar-refractivity contribution in [1.82, 2.24) is 14.8 Å². The summed E-state index contributed by atoms with van der Waals surface area (Å²) in [7, 11) is 1.82. The minimum atomic E-state index is -0.397. The van der Waals surface area contributed by atoms with Crippen LogP contribution in [-0.4, -0.2) is 27.3 Å². The number of aromatic nitrogens is 3. The van der Waals surface area contributed by atoms with Crippen LogP contribution in [0.4, 0.5) is 0 Å². The number of carbonyl (C=O) groups excluding carboxylic acids is 1. The third kappa shape index (κ3) is 3.18. The molecule has 0 radical (unpaired) electrons. The lowest BCUT2D eigenvalue weighted by Crippen LogP contribution is -2.06. The summed E-state index contributed by atoms with van der Waals surface area (Å²) in [5.41, 5.74) is 4.39. The van der Waals surface area contributed by atoms with Gasteiger partial charge in [0.05, 0.1) is 12.3 Å². The van der Waals surface area contributed by atoms with Crippen LogP contribution in [0.5, 0.6) is 0 Å². The summed E-state index contributed by atoms with van der Waals surface area (Å²) < 4.78 is 6.69. The molecule has 2 aromatic rings. The average Bonchev–Trinajstić information content (AvgIpc) is 2.88. The number of hydrogen-bond acceptors (Lipinski definition) is 4. The summed E-state index contributed by atoms with van der Waals surface area (Å²) in [6.45, 7) is 8.50. The van der Waals surface area contributed by atoms with Gasteiger partial charge < -0.3 is 4.74 Å². The quantitative estimate of drug-likeness (QED) is 0.793. The summed E-state index contributed by atoms with van der Waals surface area (Å²) in [4.78, 5) is 16.4. The molecule has 5 nitrogen and oxygen atoms in total. The molecule has 0 saturated carbocycles. The van der Waals surface area contributed by atoms with Crippen LogP contribution in [-0.2, 0) is 11.8 Å². The fourth-order valence-electron chi connectivity index (χ4n) is 2.35. The maximum Gasteiger partial charge on any atom is 0.358 e. The molecule has 5 heteroatoms. The van der Waals surface area contributed by atoms with Crippen LogP contribution in [0.2, 0.25) is 0 Å². The molecule has 0 saturated heterocycles. The maximum absolute atomic E-state index is 11.8. The first-order valence-electron chi connectivity index (χ1n) is 7.66. The van der Waals surface area contributed by atoms with E-state index in [0.717, 1.165) is 28.9 Å². The molecule has 0 spiro atoms. The first kappa shape index (κ1) is 16.2. The molecule has 0 aliphatic heterocycles. The Bertz CT molecular complexity index is 677. The van der Waals surface area contributed by atoms with Crippen molar-refractivity contribution >= 4 is 5.97 Å². The number of hydrogen-bond donors (Lipinski definition) is 0. The summed E-state index contributed by atoms with van der Waals surface area (Å²) >= 11 is 0. The van der Waals surface area contributed by atoms with Crippen molar-refractivity contribution in [1.29, 1.82) is 0 Å². The highest BCUT2D eigenvalue weighted by molar-refractivity contribution is 5.88. The first-order valence-corrected chi connectivity index (χ1v) is 7.66. The van der Waals surface area contributed by atoms with E-state index < -0.39 is 5.97 Å². The maximum atomic E-state index is 11.8. The number of carbonyl (C=O) groups is 1. The minimum absolute atomic E-state index is 0.324. The molecule has 0 N–H and O–H groups in total. The number of pyridine rings is 1. The monoisotopic (exact) mass is 301 g/mol. The Balaban J connectivity index is 2.38. The van der Waals surface area contributed by atoms with Crippen molar-refractivity contribution in [3.05, 3.63) is 35.3 Å². The van der Waals surface area contributed by atoms with E-state index in [2.05, 4.69) is 36.9 Å². The fourth-order valence-corrected chi connectivity index (χ4v) is 2.35. The zero-order valence-corrected chi connectivity index (χ0v) is 13.9. The van der Waals surface area contributed by atoms with Crippen LogP contribution in [0.3, 0.4) is 0 Å². The Labute approximate surface area is 131 Å². The fraction of sp³-hybridized carbons (Fsp3) is 0.471. The lowest BCUT2D eigenvalue weighted by Gasteiger charge is -2.11. The van der Waals surface area contributed by atoms with Crippen molar-refractivity contribution in [3.63, 3.8) is 0 Å². The lowest BCUT2D eigenvalue weighted by atomic mass is 10.00. The Hall–Kier alpha value is -2.17. The van der Waals surface area contributed by atoms with Gasteiger partial charge in [-0.05, 0) is 43.9 Å². The van der Waals surface area contributed by atoms with Crippen molar-refractivity contribution in [3.8, 4) is 11.3 Å². The zero-order valence-electron chi connectivity index (χ0n) is 13.9. The average molecular weight is 301 g/mol. The van der Waals surface area contributed by atoms with E-state index in [4.69, 9.17) is 4.74 Å². The number of ether oxygens (including phenoxy) is 1. The van der Waals surface area contributed by atoms with Gasteiger partial charge in [-0.15, -0.1) is 0 Å². The number of esters is 1. The molecular formula is C17H23N3O2. The van der Waals surface area contributed by atoms with E-state index in [1.54, 1.807) is 17.7 Å². The number of rotatable bonds is 5. The first-order chi connectivity index (χ1) is 10.5. The van der Waals surface area contributed by atoms with Crippen LogP contribution in [0, 0.1) is 6.92 Å². The zero-order chi connectivity index (χ0) is 16.3. The highest BCUT2D eigenvalue weighted by Crippen LogP contribution is 2.26. The van der Waals surface area contributed by atoms with Gasteiger partial charge in [0.25, 0.3) is 0 Å². The van der Waals surface area contributed by atoms with Gasteiger partial charge in [-0.1, -0.05) is 13.8 Å². The molecule has 1 unspecified atom stereocenters. The van der Waals surface area contributed by atoms with E-state index in [-0.39, 0.29) is 0 Å². The predicted molar refractivity (Wildman–Crippen MR) is 85.8 cm³/mol. The van der Waals surface area contributed by atoms with Crippen LogP contribution in [0.1, 0.15) is 54.9 Å². The number of aryl methyl sites for hydroxylation is 2. The second kappa shape index (κ2) is 6.73. The van der Waals surface area contributed by atoms with Gasteiger partial charge in [0, 0.05) is 24.5 Å². The standard InChI is InChI=1S/C17H23N3O2/c1-6-11(3)14-8-12(4)13(10-18-14)16-9-15(19-20(16)5)17(21)22-7-2/h8-11H,6-7H2,1-5H3. The van der Waals surface area contributed by atoms with Crippen molar-refractivity contribution < 1.29 is 9.53 Å².